The number of sulfone groups is 1. The average Bonchev–Trinajstić information content (AvgIpc) is 2.74. The molecular weight excluding hydrogens is 352 g/mol. The van der Waals surface area contributed by atoms with Crippen molar-refractivity contribution < 1.29 is 13.2 Å². The lowest BCUT2D eigenvalue weighted by atomic mass is 10.2. The van der Waals surface area contributed by atoms with E-state index in [9.17, 15) is 13.2 Å². The van der Waals surface area contributed by atoms with Crippen molar-refractivity contribution in [3.8, 4) is 0 Å². The van der Waals surface area contributed by atoms with E-state index in [0.29, 0.717) is 5.13 Å². The molecule has 0 spiro atoms. The molecule has 0 aliphatic carbocycles. The highest BCUT2D eigenvalue weighted by Gasteiger charge is 2.12. The van der Waals surface area contributed by atoms with Gasteiger partial charge < -0.3 is 0 Å². The van der Waals surface area contributed by atoms with Crippen LogP contribution in [0.4, 0.5) is 5.13 Å². The largest absolute Gasteiger partial charge is 0.298 e. The lowest BCUT2D eigenvalue weighted by Crippen LogP contribution is -2.12. The Labute approximate surface area is 122 Å². The van der Waals surface area contributed by atoms with Gasteiger partial charge in [-0.3, -0.25) is 10.1 Å². The second-order valence-electron chi connectivity index (χ2n) is 3.72. The number of amides is 1. The summed E-state index contributed by atoms with van der Waals surface area (Å²) in [5, 5.41) is 3.05. The van der Waals surface area contributed by atoms with Gasteiger partial charge in [0.1, 0.15) is 0 Å². The number of benzene rings is 1. The number of nitrogens with one attached hydrogen (secondary N) is 1. The van der Waals surface area contributed by atoms with Gasteiger partial charge in [-0.2, -0.15) is 0 Å². The number of rotatable bonds is 3. The molecule has 1 aromatic carbocycles. The standard InChI is InChI=1S/C11H9BrN2O3S2/c1-19(16,17)8-4-2-3-7(5-8)10(15)14-11-13-6-9(12)18-11/h2-6H,1H3,(H,13,14,15). The number of nitrogens with zero attached hydrogens (tertiary/aromatic N) is 1. The Bertz CT molecular complexity index is 725. The molecular formula is C11H9BrN2O3S2. The Morgan fingerprint density at radius 1 is 1.42 bits per heavy atom. The van der Waals surface area contributed by atoms with Crippen molar-refractivity contribution in [3.05, 3.63) is 39.8 Å². The zero-order valence-corrected chi connectivity index (χ0v) is 13.0. The number of carbonyl (C=O) groups excluding carboxylic acids is 1. The molecule has 0 aliphatic heterocycles. The third-order valence-electron chi connectivity index (χ3n) is 2.22. The third kappa shape index (κ3) is 3.62. The van der Waals surface area contributed by atoms with Gasteiger partial charge in [-0.15, -0.1) is 0 Å². The summed E-state index contributed by atoms with van der Waals surface area (Å²) in [6.07, 6.45) is 2.68. The van der Waals surface area contributed by atoms with Crippen LogP contribution in [0.3, 0.4) is 0 Å². The first-order chi connectivity index (χ1) is 8.86. The second-order valence-corrected chi connectivity index (χ2v) is 8.15. The molecule has 1 amide bonds. The van der Waals surface area contributed by atoms with E-state index in [1.165, 1.54) is 29.5 Å². The average molecular weight is 361 g/mol. The van der Waals surface area contributed by atoms with Crippen molar-refractivity contribution in [2.24, 2.45) is 0 Å². The monoisotopic (exact) mass is 360 g/mol. The van der Waals surface area contributed by atoms with Crippen LogP contribution in [0, 0.1) is 0 Å². The van der Waals surface area contributed by atoms with E-state index in [4.69, 9.17) is 0 Å². The maximum absolute atomic E-state index is 11.9. The van der Waals surface area contributed by atoms with Crippen LogP contribution in [0.1, 0.15) is 10.4 Å². The van der Waals surface area contributed by atoms with Crippen LogP contribution in [0.2, 0.25) is 0 Å². The molecule has 0 saturated heterocycles. The number of aromatic nitrogens is 1. The first-order valence-corrected chi connectivity index (χ1v) is 8.59. The van der Waals surface area contributed by atoms with E-state index in [2.05, 4.69) is 26.2 Å². The van der Waals surface area contributed by atoms with Crippen molar-refractivity contribution in [3.63, 3.8) is 0 Å². The topological polar surface area (TPSA) is 76.1 Å². The highest BCUT2D eigenvalue weighted by Crippen LogP contribution is 2.23. The summed E-state index contributed by atoms with van der Waals surface area (Å²) in [6.45, 7) is 0. The predicted octanol–water partition coefficient (Wildman–Crippen LogP) is 2.56. The molecule has 19 heavy (non-hydrogen) atoms. The smallest absolute Gasteiger partial charge is 0.257 e. The molecule has 1 aromatic heterocycles. The van der Waals surface area contributed by atoms with Crippen molar-refractivity contribution in [1.82, 2.24) is 4.98 Å². The Hall–Kier alpha value is -1.25. The minimum atomic E-state index is -3.33. The molecule has 8 heteroatoms. The molecule has 1 N–H and O–H groups in total. The summed E-state index contributed by atoms with van der Waals surface area (Å²) in [6, 6.07) is 5.87. The fraction of sp³-hybridized carbons (Fsp3) is 0.0909. The molecule has 1 heterocycles. The highest BCUT2D eigenvalue weighted by molar-refractivity contribution is 9.11. The number of hydrogen-bond acceptors (Lipinski definition) is 5. The molecule has 0 aliphatic rings. The Morgan fingerprint density at radius 2 is 2.16 bits per heavy atom. The van der Waals surface area contributed by atoms with Gasteiger partial charge in [0.25, 0.3) is 5.91 Å². The first-order valence-electron chi connectivity index (χ1n) is 5.09. The fourth-order valence-electron chi connectivity index (χ4n) is 1.35. The molecule has 0 saturated carbocycles. The third-order valence-corrected chi connectivity index (χ3v) is 4.72. The van der Waals surface area contributed by atoms with E-state index >= 15 is 0 Å². The summed E-state index contributed by atoms with van der Waals surface area (Å²) < 4.78 is 23.6. The normalized spacial score (nSPS) is 11.3. The SMILES string of the molecule is CS(=O)(=O)c1cccc(C(=O)Nc2ncc(Br)s2)c1. The van der Waals surface area contributed by atoms with E-state index in [-0.39, 0.29) is 10.5 Å². The van der Waals surface area contributed by atoms with Crippen molar-refractivity contribution in [2.75, 3.05) is 11.6 Å². The zero-order valence-electron chi connectivity index (χ0n) is 9.75. The molecule has 0 bridgehead atoms. The van der Waals surface area contributed by atoms with Gasteiger partial charge in [-0.05, 0) is 34.1 Å². The zero-order chi connectivity index (χ0) is 14.0. The van der Waals surface area contributed by atoms with Crippen LogP contribution >= 0.6 is 27.3 Å². The van der Waals surface area contributed by atoms with E-state index in [0.717, 1.165) is 10.0 Å². The molecule has 0 radical (unpaired) electrons. The summed E-state index contributed by atoms with van der Waals surface area (Å²) in [5.41, 5.74) is 0.272. The van der Waals surface area contributed by atoms with Crippen LogP contribution in [-0.4, -0.2) is 25.6 Å². The quantitative estimate of drug-likeness (QED) is 0.912. The van der Waals surface area contributed by atoms with Crippen LogP contribution in [0.25, 0.3) is 0 Å². The van der Waals surface area contributed by atoms with Crippen LogP contribution in [0.5, 0.6) is 0 Å². The minimum absolute atomic E-state index is 0.112. The summed E-state index contributed by atoms with van der Waals surface area (Å²) in [7, 11) is -3.33. The Balaban J connectivity index is 2.25. The van der Waals surface area contributed by atoms with Crippen LogP contribution < -0.4 is 5.32 Å². The Morgan fingerprint density at radius 3 is 2.74 bits per heavy atom. The second kappa shape index (κ2) is 5.40. The van der Waals surface area contributed by atoms with Crippen LogP contribution in [0.15, 0.2) is 39.1 Å². The number of anilines is 1. The maximum Gasteiger partial charge on any atom is 0.257 e. The predicted molar refractivity (Wildman–Crippen MR) is 77.3 cm³/mol. The van der Waals surface area contributed by atoms with Gasteiger partial charge in [0, 0.05) is 11.8 Å². The lowest BCUT2D eigenvalue weighted by Gasteiger charge is -2.03. The fourth-order valence-corrected chi connectivity index (χ4v) is 3.12. The lowest BCUT2D eigenvalue weighted by molar-refractivity contribution is 0.102. The molecule has 2 aromatic rings. The highest BCUT2D eigenvalue weighted by atomic mass is 79.9. The summed E-state index contributed by atoms with van der Waals surface area (Å²) >= 11 is 4.52. The van der Waals surface area contributed by atoms with E-state index in [1.54, 1.807) is 12.3 Å². The van der Waals surface area contributed by atoms with Gasteiger partial charge >= 0.3 is 0 Å². The molecule has 0 fully saturated rings. The number of thiazole rings is 1. The Kier molecular flexibility index (Phi) is 4.02. The number of halogens is 1. The number of hydrogen-bond donors (Lipinski definition) is 1. The molecule has 0 atom stereocenters. The summed E-state index contributed by atoms with van der Waals surface area (Å²) in [5.74, 6) is -0.396. The maximum atomic E-state index is 11.9. The van der Waals surface area contributed by atoms with E-state index < -0.39 is 15.7 Å². The van der Waals surface area contributed by atoms with Crippen molar-refractivity contribution in [2.45, 2.75) is 4.90 Å². The molecule has 0 unspecified atom stereocenters. The van der Waals surface area contributed by atoms with Gasteiger partial charge in [0.2, 0.25) is 0 Å². The van der Waals surface area contributed by atoms with Gasteiger partial charge in [0.15, 0.2) is 15.0 Å². The van der Waals surface area contributed by atoms with Crippen molar-refractivity contribution in [1.29, 1.82) is 0 Å². The molecule has 2 rings (SSSR count). The van der Waals surface area contributed by atoms with Gasteiger partial charge in [-0.25, -0.2) is 13.4 Å². The van der Waals surface area contributed by atoms with Crippen molar-refractivity contribution >= 4 is 48.1 Å². The minimum Gasteiger partial charge on any atom is -0.298 e. The molecule has 100 valence electrons. The first kappa shape index (κ1) is 14.2. The number of carbonyl (C=O) groups is 1. The van der Waals surface area contributed by atoms with E-state index in [1.807, 2.05) is 0 Å². The van der Waals surface area contributed by atoms with Crippen LogP contribution in [-0.2, 0) is 9.84 Å². The van der Waals surface area contributed by atoms with Gasteiger partial charge in [-0.1, -0.05) is 17.4 Å². The summed E-state index contributed by atoms with van der Waals surface area (Å²) in [4.78, 5) is 16.0. The van der Waals surface area contributed by atoms with Gasteiger partial charge in [0.05, 0.1) is 14.9 Å². The molecule has 5 nitrogen and oxygen atoms in total.